The van der Waals surface area contributed by atoms with E-state index in [9.17, 15) is 18.3 Å². The van der Waals surface area contributed by atoms with Gasteiger partial charge in [-0.2, -0.15) is 4.72 Å². The molecule has 7 nitrogen and oxygen atoms in total. The van der Waals surface area contributed by atoms with E-state index in [1.807, 2.05) is 6.07 Å². The fourth-order valence-electron chi connectivity index (χ4n) is 2.13. The number of para-hydroxylation sites is 1. The monoisotopic (exact) mass is 447 g/mol. The first-order valence-electron chi connectivity index (χ1n) is 8.20. The summed E-state index contributed by atoms with van der Waals surface area (Å²) in [5.74, 6) is -0.332. The molecule has 0 saturated heterocycles. The molecular formula is C18H19Cl2NO6S. The third-order valence-electron chi connectivity index (χ3n) is 3.56. The number of hydrogen-bond acceptors (Lipinski definition) is 6. The molecule has 0 spiro atoms. The zero-order chi connectivity index (χ0) is 20.7. The number of ether oxygens (including phenoxy) is 2. The molecule has 0 unspecified atom stereocenters. The van der Waals surface area contributed by atoms with Crippen LogP contribution in [-0.2, 0) is 19.6 Å². The minimum Gasteiger partial charge on any atom is -0.490 e. The van der Waals surface area contributed by atoms with Crippen molar-refractivity contribution in [2.24, 2.45) is 0 Å². The number of hydrogen-bond donors (Lipinski definition) is 2. The summed E-state index contributed by atoms with van der Waals surface area (Å²) in [5, 5.41) is 10.0. The Bertz CT molecular complexity index is 906. The van der Waals surface area contributed by atoms with Gasteiger partial charge in [0.2, 0.25) is 10.0 Å². The van der Waals surface area contributed by atoms with Gasteiger partial charge in [0.25, 0.3) is 0 Å². The van der Waals surface area contributed by atoms with Crippen molar-refractivity contribution >= 4 is 39.2 Å². The smallest absolute Gasteiger partial charge is 0.326 e. The fraction of sp³-hybridized carbons (Fsp3) is 0.278. The standard InChI is InChI=1S/C18H19Cl2NO6S/c1-12(22)17(18(23)27-10-9-26-13-5-3-2-4-6-13)21-28(24,25)14-7-8-15(19)16(20)11-14/h2-8,11-12,17,21-22H,9-10H2,1H3/t12-,17+/m1/s1. The van der Waals surface area contributed by atoms with Gasteiger partial charge in [-0.25, -0.2) is 8.42 Å². The van der Waals surface area contributed by atoms with E-state index >= 15 is 0 Å². The van der Waals surface area contributed by atoms with E-state index in [0.29, 0.717) is 5.75 Å². The van der Waals surface area contributed by atoms with Crippen molar-refractivity contribution in [2.45, 2.75) is 24.0 Å². The lowest BCUT2D eigenvalue weighted by atomic mass is 10.2. The Kier molecular flexibility index (Phi) is 8.09. The van der Waals surface area contributed by atoms with Crippen LogP contribution in [0.15, 0.2) is 53.4 Å². The Hall–Kier alpha value is -1.84. The van der Waals surface area contributed by atoms with E-state index < -0.39 is 28.1 Å². The highest BCUT2D eigenvalue weighted by molar-refractivity contribution is 7.89. The Balaban J connectivity index is 1.97. The predicted molar refractivity (Wildman–Crippen MR) is 105 cm³/mol. The van der Waals surface area contributed by atoms with E-state index in [0.717, 1.165) is 6.07 Å². The normalized spacial score (nSPS) is 13.6. The number of benzene rings is 2. The molecule has 0 amide bonds. The molecule has 0 aromatic heterocycles. The maximum Gasteiger partial charge on any atom is 0.326 e. The van der Waals surface area contributed by atoms with Crippen molar-refractivity contribution in [3.8, 4) is 5.75 Å². The topological polar surface area (TPSA) is 102 Å². The molecule has 0 bridgehead atoms. The molecule has 28 heavy (non-hydrogen) atoms. The third kappa shape index (κ3) is 6.35. The van der Waals surface area contributed by atoms with Crippen LogP contribution < -0.4 is 9.46 Å². The highest BCUT2D eigenvalue weighted by Crippen LogP contribution is 2.25. The zero-order valence-electron chi connectivity index (χ0n) is 14.8. The second-order valence-corrected chi connectivity index (χ2v) is 8.27. The molecule has 152 valence electrons. The summed E-state index contributed by atoms with van der Waals surface area (Å²) >= 11 is 11.6. The van der Waals surface area contributed by atoms with Gasteiger partial charge in [0.15, 0.2) is 0 Å². The van der Waals surface area contributed by atoms with Gasteiger partial charge in [0.05, 0.1) is 21.0 Å². The maximum absolute atomic E-state index is 12.5. The van der Waals surface area contributed by atoms with Crippen LogP contribution in [0, 0.1) is 0 Å². The number of esters is 1. The van der Waals surface area contributed by atoms with Gasteiger partial charge in [-0.3, -0.25) is 4.79 Å². The number of carbonyl (C=O) groups is 1. The Morgan fingerprint density at radius 2 is 1.79 bits per heavy atom. The van der Waals surface area contributed by atoms with Crippen LogP contribution in [0.2, 0.25) is 10.0 Å². The highest BCUT2D eigenvalue weighted by Gasteiger charge is 2.31. The van der Waals surface area contributed by atoms with E-state index in [2.05, 4.69) is 4.72 Å². The Labute approximate surface area is 173 Å². The first kappa shape index (κ1) is 22.4. The predicted octanol–water partition coefficient (Wildman–Crippen LogP) is 2.64. The van der Waals surface area contributed by atoms with Crippen molar-refractivity contribution in [1.82, 2.24) is 4.72 Å². The van der Waals surface area contributed by atoms with Crippen molar-refractivity contribution in [1.29, 1.82) is 0 Å². The van der Waals surface area contributed by atoms with Crippen LogP contribution in [-0.4, -0.2) is 44.9 Å². The number of aliphatic hydroxyl groups excluding tert-OH is 1. The second-order valence-electron chi connectivity index (χ2n) is 5.74. The summed E-state index contributed by atoms with van der Waals surface area (Å²) in [7, 11) is -4.15. The summed E-state index contributed by atoms with van der Waals surface area (Å²) in [6, 6.07) is 11.1. The molecule has 0 aliphatic heterocycles. The van der Waals surface area contributed by atoms with Crippen LogP contribution in [0.4, 0.5) is 0 Å². The Morgan fingerprint density at radius 1 is 1.11 bits per heavy atom. The van der Waals surface area contributed by atoms with Crippen molar-refractivity contribution in [2.75, 3.05) is 13.2 Å². The van der Waals surface area contributed by atoms with Gasteiger partial charge >= 0.3 is 5.97 Å². The van der Waals surface area contributed by atoms with Crippen molar-refractivity contribution in [3.63, 3.8) is 0 Å². The molecule has 2 aromatic rings. The van der Waals surface area contributed by atoms with E-state index in [4.69, 9.17) is 32.7 Å². The van der Waals surface area contributed by atoms with Gasteiger partial charge in [-0.15, -0.1) is 0 Å². The van der Waals surface area contributed by atoms with Gasteiger partial charge in [-0.1, -0.05) is 41.4 Å². The molecule has 0 aliphatic rings. The van der Waals surface area contributed by atoms with Crippen LogP contribution in [0.3, 0.4) is 0 Å². The molecule has 2 aromatic carbocycles. The quantitative estimate of drug-likeness (QED) is 0.452. The van der Waals surface area contributed by atoms with Gasteiger partial charge < -0.3 is 14.6 Å². The molecule has 0 heterocycles. The van der Waals surface area contributed by atoms with Crippen LogP contribution in [0.25, 0.3) is 0 Å². The van der Waals surface area contributed by atoms with E-state index in [1.54, 1.807) is 24.3 Å². The number of aliphatic hydroxyl groups is 1. The second kappa shape index (κ2) is 10.1. The van der Waals surface area contributed by atoms with Crippen LogP contribution in [0.5, 0.6) is 5.75 Å². The van der Waals surface area contributed by atoms with Crippen molar-refractivity contribution < 1.29 is 27.8 Å². The minimum absolute atomic E-state index is 0.0405. The summed E-state index contributed by atoms with van der Waals surface area (Å²) in [6.07, 6.45) is -1.33. The zero-order valence-corrected chi connectivity index (χ0v) is 17.2. The molecule has 10 heteroatoms. The summed E-state index contributed by atoms with van der Waals surface area (Å²) in [6.45, 7) is 1.22. The minimum atomic E-state index is -4.15. The maximum atomic E-state index is 12.5. The average Bonchev–Trinajstić information content (AvgIpc) is 2.66. The first-order chi connectivity index (χ1) is 13.2. The van der Waals surface area contributed by atoms with E-state index in [1.165, 1.54) is 19.1 Å². The van der Waals surface area contributed by atoms with Gasteiger partial charge in [0, 0.05) is 0 Å². The summed E-state index contributed by atoms with van der Waals surface area (Å²) in [5.41, 5.74) is 0. The third-order valence-corrected chi connectivity index (χ3v) is 5.74. The molecule has 2 rings (SSSR count). The van der Waals surface area contributed by atoms with Gasteiger partial charge in [0.1, 0.15) is 25.0 Å². The van der Waals surface area contributed by atoms with E-state index in [-0.39, 0.29) is 28.2 Å². The lowest BCUT2D eigenvalue weighted by Gasteiger charge is -2.20. The fourth-order valence-corrected chi connectivity index (χ4v) is 3.78. The first-order valence-corrected chi connectivity index (χ1v) is 10.4. The average molecular weight is 448 g/mol. The van der Waals surface area contributed by atoms with Crippen molar-refractivity contribution in [3.05, 3.63) is 58.6 Å². The molecule has 0 fully saturated rings. The number of rotatable bonds is 9. The number of nitrogens with one attached hydrogen (secondary N) is 1. The number of halogens is 2. The lowest BCUT2D eigenvalue weighted by Crippen LogP contribution is -2.48. The highest BCUT2D eigenvalue weighted by atomic mass is 35.5. The molecule has 2 atom stereocenters. The van der Waals surface area contributed by atoms with Crippen LogP contribution in [0.1, 0.15) is 6.92 Å². The molecule has 0 saturated carbocycles. The van der Waals surface area contributed by atoms with Gasteiger partial charge in [-0.05, 0) is 37.3 Å². The molecule has 2 N–H and O–H groups in total. The SMILES string of the molecule is C[C@@H](O)[C@H](NS(=O)(=O)c1ccc(Cl)c(Cl)c1)C(=O)OCCOc1ccccc1. The molecular weight excluding hydrogens is 429 g/mol. The molecule has 0 aliphatic carbocycles. The largest absolute Gasteiger partial charge is 0.490 e. The lowest BCUT2D eigenvalue weighted by molar-refractivity contribution is -0.149. The summed E-state index contributed by atoms with van der Waals surface area (Å²) < 4.78 is 37.5. The number of carbonyl (C=O) groups excluding carboxylic acids is 1. The van der Waals surface area contributed by atoms with Crippen LogP contribution >= 0.6 is 23.2 Å². The summed E-state index contributed by atoms with van der Waals surface area (Å²) in [4.78, 5) is 12.0. The number of sulfonamides is 1. The molecule has 0 radical (unpaired) electrons. The Morgan fingerprint density at radius 3 is 2.39 bits per heavy atom.